The second-order valence-electron chi connectivity index (χ2n) is 5.00. The zero-order valence-electron chi connectivity index (χ0n) is 12.2. The average molecular weight is 280 g/mol. The molecule has 1 aromatic rings. The molecule has 5 heteroatoms. The van der Waals surface area contributed by atoms with Gasteiger partial charge in [0.25, 0.3) is 0 Å². The lowest BCUT2D eigenvalue weighted by Gasteiger charge is -2.20. The fourth-order valence-corrected chi connectivity index (χ4v) is 2.13. The van der Waals surface area contributed by atoms with E-state index in [0.717, 1.165) is 30.0 Å². The Kier molecular flexibility index (Phi) is 5.64. The van der Waals surface area contributed by atoms with Crippen LogP contribution >= 0.6 is 0 Å². The summed E-state index contributed by atoms with van der Waals surface area (Å²) in [4.78, 5) is 0. The summed E-state index contributed by atoms with van der Waals surface area (Å²) >= 11 is 0. The highest BCUT2D eigenvalue weighted by atomic mass is 16.5. The van der Waals surface area contributed by atoms with Gasteiger partial charge in [-0.1, -0.05) is 6.07 Å². The molecule has 3 N–H and O–H groups in total. The van der Waals surface area contributed by atoms with Gasteiger partial charge < -0.3 is 25.3 Å². The molecule has 0 aliphatic carbocycles. The van der Waals surface area contributed by atoms with Gasteiger partial charge in [-0.05, 0) is 24.6 Å². The highest BCUT2D eigenvalue weighted by Gasteiger charge is 2.15. The molecule has 0 aromatic heterocycles. The van der Waals surface area contributed by atoms with Gasteiger partial charge in [-0.15, -0.1) is 0 Å². The second kappa shape index (κ2) is 7.47. The van der Waals surface area contributed by atoms with Crippen molar-refractivity contribution in [2.75, 3.05) is 33.4 Å². The first-order valence-corrected chi connectivity index (χ1v) is 7.10. The number of nitrogens with one attached hydrogen (secondary N) is 1. The molecule has 20 heavy (non-hydrogen) atoms. The van der Waals surface area contributed by atoms with E-state index in [-0.39, 0.29) is 12.1 Å². The summed E-state index contributed by atoms with van der Waals surface area (Å²) in [6.07, 6.45) is 1.07. The van der Waals surface area contributed by atoms with Gasteiger partial charge in [-0.2, -0.15) is 0 Å². The summed E-state index contributed by atoms with van der Waals surface area (Å²) in [5.74, 6) is 1.62. The Hall–Kier alpha value is -1.30. The van der Waals surface area contributed by atoms with Crippen molar-refractivity contribution < 1.29 is 14.2 Å². The smallest absolute Gasteiger partial charge is 0.161 e. The van der Waals surface area contributed by atoms with Gasteiger partial charge in [-0.3, -0.25) is 0 Å². The maximum Gasteiger partial charge on any atom is 0.161 e. The minimum Gasteiger partial charge on any atom is -0.490 e. The maximum atomic E-state index is 5.86. The fourth-order valence-electron chi connectivity index (χ4n) is 2.13. The van der Waals surface area contributed by atoms with Gasteiger partial charge in [0.05, 0.1) is 19.3 Å². The number of benzene rings is 1. The van der Waals surface area contributed by atoms with Gasteiger partial charge >= 0.3 is 0 Å². The molecule has 0 bridgehead atoms. The highest BCUT2D eigenvalue weighted by molar-refractivity contribution is 5.44. The van der Waals surface area contributed by atoms with Crippen LogP contribution in [0.3, 0.4) is 0 Å². The minimum absolute atomic E-state index is 0.0877. The molecule has 1 heterocycles. The number of methoxy groups -OCH3 is 1. The lowest BCUT2D eigenvalue weighted by Crippen LogP contribution is -2.34. The van der Waals surface area contributed by atoms with Crippen LogP contribution in [0.2, 0.25) is 0 Å². The summed E-state index contributed by atoms with van der Waals surface area (Å²) in [6, 6.07) is 6.10. The summed E-state index contributed by atoms with van der Waals surface area (Å²) in [7, 11) is 1.71. The number of hydrogen-bond acceptors (Lipinski definition) is 5. The Balaban J connectivity index is 2.07. The minimum atomic E-state index is 0.0877. The first-order chi connectivity index (χ1) is 9.74. The first kappa shape index (κ1) is 15.1. The average Bonchev–Trinajstić information content (AvgIpc) is 2.72. The Bertz CT molecular complexity index is 426. The van der Waals surface area contributed by atoms with Gasteiger partial charge in [0.2, 0.25) is 0 Å². The topological polar surface area (TPSA) is 65.7 Å². The molecule has 0 radical (unpaired) electrons. The molecule has 112 valence electrons. The molecular weight excluding hydrogens is 256 g/mol. The summed E-state index contributed by atoms with van der Waals surface area (Å²) < 4.78 is 16.6. The van der Waals surface area contributed by atoms with Crippen molar-refractivity contribution >= 4 is 0 Å². The third-order valence-corrected chi connectivity index (χ3v) is 3.46. The van der Waals surface area contributed by atoms with E-state index < -0.39 is 0 Å². The Morgan fingerprint density at radius 1 is 1.30 bits per heavy atom. The van der Waals surface area contributed by atoms with Crippen LogP contribution in [0, 0.1) is 0 Å². The number of fused-ring (bicyclic) bond motifs is 1. The quantitative estimate of drug-likeness (QED) is 0.826. The Morgan fingerprint density at radius 3 is 2.75 bits per heavy atom. The summed E-state index contributed by atoms with van der Waals surface area (Å²) in [5.41, 5.74) is 6.98. The maximum absolute atomic E-state index is 5.86. The first-order valence-electron chi connectivity index (χ1n) is 7.10. The molecule has 2 atom stereocenters. The van der Waals surface area contributed by atoms with Crippen molar-refractivity contribution in [3.8, 4) is 11.5 Å². The van der Waals surface area contributed by atoms with Gasteiger partial charge in [0.1, 0.15) is 0 Å². The van der Waals surface area contributed by atoms with E-state index in [2.05, 4.69) is 5.32 Å². The normalized spacial score (nSPS) is 17.4. The van der Waals surface area contributed by atoms with Crippen LogP contribution in [-0.2, 0) is 4.74 Å². The van der Waals surface area contributed by atoms with Crippen LogP contribution in [0.5, 0.6) is 11.5 Å². The summed E-state index contributed by atoms with van der Waals surface area (Å²) in [5, 5.41) is 3.41. The number of hydrogen-bond donors (Lipinski definition) is 2. The monoisotopic (exact) mass is 280 g/mol. The van der Waals surface area contributed by atoms with Crippen molar-refractivity contribution in [1.82, 2.24) is 5.32 Å². The van der Waals surface area contributed by atoms with Crippen molar-refractivity contribution in [2.24, 2.45) is 5.73 Å². The predicted molar refractivity (Wildman–Crippen MR) is 78.3 cm³/mol. The SMILES string of the molecule is COC(C)CNC(CN)c1ccc2c(c1)OCCCO2. The molecule has 0 amide bonds. The van der Waals surface area contributed by atoms with Gasteiger partial charge in [0.15, 0.2) is 11.5 Å². The number of rotatable bonds is 6. The second-order valence-corrected chi connectivity index (χ2v) is 5.00. The third-order valence-electron chi connectivity index (χ3n) is 3.46. The van der Waals surface area contributed by atoms with E-state index in [4.69, 9.17) is 19.9 Å². The Morgan fingerprint density at radius 2 is 2.05 bits per heavy atom. The van der Waals surface area contributed by atoms with Gasteiger partial charge in [0, 0.05) is 32.7 Å². The summed E-state index contributed by atoms with van der Waals surface area (Å²) in [6.45, 7) is 4.70. The fraction of sp³-hybridized carbons (Fsp3) is 0.600. The van der Waals surface area contributed by atoms with E-state index in [1.165, 1.54) is 0 Å². The molecule has 1 aliphatic rings. The van der Waals surface area contributed by atoms with Crippen LogP contribution in [0.15, 0.2) is 18.2 Å². The zero-order valence-corrected chi connectivity index (χ0v) is 12.2. The largest absolute Gasteiger partial charge is 0.490 e. The zero-order chi connectivity index (χ0) is 14.4. The van der Waals surface area contributed by atoms with E-state index >= 15 is 0 Å². The molecule has 2 unspecified atom stereocenters. The van der Waals surface area contributed by atoms with E-state index in [0.29, 0.717) is 19.8 Å². The van der Waals surface area contributed by atoms with E-state index in [1.807, 2.05) is 25.1 Å². The molecule has 0 fully saturated rings. The lowest BCUT2D eigenvalue weighted by atomic mass is 10.1. The molecule has 5 nitrogen and oxygen atoms in total. The van der Waals surface area contributed by atoms with Crippen LogP contribution in [0.1, 0.15) is 24.9 Å². The molecule has 1 aliphatic heterocycles. The van der Waals surface area contributed by atoms with Crippen LogP contribution < -0.4 is 20.5 Å². The number of nitrogens with two attached hydrogens (primary N) is 1. The van der Waals surface area contributed by atoms with Crippen LogP contribution in [-0.4, -0.2) is 39.5 Å². The predicted octanol–water partition coefficient (Wildman–Crippen LogP) is 1.47. The molecule has 0 saturated heterocycles. The van der Waals surface area contributed by atoms with Crippen molar-refractivity contribution in [3.05, 3.63) is 23.8 Å². The molecule has 1 aromatic carbocycles. The van der Waals surface area contributed by atoms with Crippen molar-refractivity contribution in [1.29, 1.82) is 0 Å². The van der Waals surface area contributed by atoms with E-state index in [1.54, 1.807) is 7.11 Å². The molecule has 0 spiro atoms. The van der Waals surface area contributed by atoms with Crippen molar-refractivity contribution in [2.45, 2.75) is 25.5 Å². The van der Waals surface area contributed by atoms with Crippen molar-refractivity contribution in [3.63, 3.8) is 0 Å². The van der Waals surface area contributed by atoms with Crippen LogP contribution in [0.25, 0.3) is 0 Å². The molecular formula is C15H24N2O3. The van der Waals surface area contributed by atoms with E-state index in [9.17, 15) is 0 Å². The highest BCUT2D eigenvalue weighted by Crippen LogP contribution is 2.32. The standard InChI is InChI=1S/C15H24N2O3/c1-11(18-2)10-17-13(9-16)12-4-5-14-15(8-12)20-7-3-6-19-14/h4-5,8,11,13,17H,3,6-7,9-10,16H2,1-2H3. The van der Waals surface area contributed by atoms with Gasteiger partial charge in [-0.25, -0.2) is 0 Å². The molecule has 0 saturated carbocycles. The lowest BCUT2D eigenvalue weighted by molar-refractivity contribution is 0.114. The molecule has 2 rings (SSSR count). The van der Waals surface area contributed by atoms with Crippen LogP contribution in [0.4, 0.5) is 0 Å². The number of ether oxygens (including phenoxy) is 3. The third kappa shape index (κ3) is 3.85. The Labute approximate surface area is 120 Å².